The predicted octanol–water partition coefficient (Wildman–Crippen LogP) is 1.30. The van der Waals surface area contributed by atoms with Crippen molar-refractivity contribution in [3.8, 4) is 0 Å². The van der Waals surface area contributed by atoms with Crippen LogP contribution in [0, 0.1) is 0 Å². The second kappa shape index (κ2) is 5.39. The molecule has 0 heterocycles. The van der Waals surface area contributed by atoms with Crippen molar-refractivity contribution < 1.29 is 4.79 Å². The van der Waals surface area contributed by atoms with Crippen LogP contribution in [0.3, 0.4) is 0 Å². The van der Waals surface area contributed by atoms with E-state index in [1.165, 1.54) is 6.08 Å². The number of carbonyl (C=O) groups excluding carboxylic acids is 1. The van der Waals surface area contributed by atoms with Gasteiger partial charge in [-0.05, 0) is 0 Å². The molecule has 1 rings (SSSR count). The number of benzene rings is 1. The van der Waals surface area contributed by atoms with Gasteiger partial charge < -0.3 is 0 Å². The van der Waals surface area contributed by atoms with E-state index >= 15 is 0 Å². The molecule has 1 amide bonds. The molecule has 3 heteroatoms. The summed E-state index contributed by atoms with van der Waals surface area (Å²) >= 11 is 2.40. The van der Waals surface area contributed by atoms with E-state index in [2.05, 4.69) is 25.3 Å². The van der Waals surface area contributed by atoms with Gasteiger partial charge in [0.05, 0.1) is 0 Å². The summed E-state index contributed by atoms with van der Waals surface area (Å²) in [5, 5.41) is 0. The minimum atomic E-state index is -0.317. The van der Waals surface area contributed by atoms with Crippen LogP contribution in [0.5, 0.6) is 0 Å². The molecule has 0 aromatic heterocycles. The Morgan fingerprint density at radius 2 is 2.08 bits per heavy atom. The molecule has 0 aliphatic rings. The topological polar surface area (TPSA) is 29.4 Å². The van der Waals surface area contributed by atoms with Gasteiger partial charge >= 0.3 is 84.0 Å². The van der Waals surface area contributed by atoms with Crippen LogP contribution in [0.1, 0.15) is 5.56 Å². The molecule has 0 saturated heterocycles. The third-order valence-corrected chi connectivity index (χ3v) is 1.57. The molecule has 1 aromatic carbocycles. The monoisotopic (exact) mass is 237 g/mol. The standard InChI is InChI=1S/C10H7NOSe/c12-10(11-8-13)7-6-9-4-2-1-3-5-9/h1-7H/b7-6+. The number of carbonyl (C=O) groups is 1. The van der Waals surface area contributed by atoms with Gasteiger partial charge in [0.25, 0.3) is 0 Å². The van der Waals surface area contributed by atoms with Gasteiger partial charge in [-0.2, -0.15) is 0 Å². The van der Waals surface area contributed by atoms with Gasteiger partial charge in [-0.25, -0.2) is 0 Å². The van der Waals surface area contributed by atoms with Gasteiger partial charge in [0.1, 0.15) is 0 Å². The molecule has 0 atom stereocenters. The summed E-state index contributed by atoms with van der Waals surface area (Å²) in [4.78, 5) is 14.3. The van der Waals surface area contributed by atoms with Crippen molar-refractivity contribution in [3.05, 3.63) is 42.0 Å². The fourth-order valence-corrected chi connectivity index (χ4v) is 1.00. The maximum absolute atomic E-state index is 10.9. The van der Waals surface area contributed by atoms with Crippen LogP contribution in [-0.2, 0) is 4.79 Å². The summed E-state index contributed by atoms with van der Waals surface area (Å²) in [5.41, 5.74) is 0.978. The predicted molar refractivity (Wildman–Crippen MR) is 53.7 cm³/mol. The fourth-order valence-electron chi connectivity index (χ4n) is 0.814. The Balaban J connectivity index is 2.69. The van der Waals surface area contributed by atoms with Crippen LogP contribution < -0.4 is 0 Å². The van der Waals surface area contributed by atoms with Crippen molar-refractivity contribution in [3.63, 3.8) is 0 Å². The van der Waals surface area contributed by atoms with Gasteiger partial charge in [-0.15, -0.1) is 0 Å². The summed E-state index contributed by atoms with van der Waals surface area (Å²) in [6.45, 7) is 0. The van der Waals surface area contributed by atoms with E-state index in [4.69, 9.17) is 0 Å². The summed E-state index contributed by atoms with van der Waals surface area (Å²) < 4.78 is 2.30. The van der Waals surface area contributed by atoms with Crippen LogP contribution in [0.4, 0.5) is 0 Å². The third-order valence-electron chi connectivity index (χ3n) is 1.37. The summed E-state index contributed by atoms with van der Waals surface area (Å²) in [6, 6.07) is 9.57. The number of rotatable bonds is 2. The minimum absolute atomic E-state index is 0.317. The molecule has 0 radical (unpaired) electrons. The average Bonchev–Trinajstić information content (AvgIpc) is 2.17. The number of nitrogens with zero attached hydrogens (tertiary/aromatic N) is 1. The second-order valence-corrected chi connectivity index (χ2v) is 2.67. The van der Waals surface area contributed by atoms with Crippen LogP contribution in [0.2, 0.25) is 0 Å². The van der Waals surface area contributed by atoms with E-state index in [0.717, 1.165) is 5.56 Å². The first-order valence-corrected chi connectivity index (χ1v) is 4.53. The summed E-state index contributed by atoms with van der Waals surface area (Å²) in [5.74, 6) is -0.317. The summed E-state index contributed by atoms with van der Waals surface area (Å²) in [7, 11) is 0. The van der Waals surface area contributed by atoms with Crippen LogP contribution in [-0.4, -0.2) is 26.2 Å². The molecule has 0 spiro atoms. The van der Waals surface area contributed by atoms with Crippen molar-refractivity contribution in [2.24, 2.45) is 4.99 Å². The zero-order chi connectivity index (χ0) is 9.52. The van der Waals surface area contributed by atoms with Crippen molar-refractivity contribution in [1.82, 2.24) is 0 Å². The SMILES string of the molecule is O=C(/C=C/c1ccccc1)N=C=[Se]. The molecule has 0 unspecified atom stereocenters. The van der Waals surface area contributed by atoms with E-state index in [-0.39, 0.29) is 5.91 Å². The Morgan fingerprint density at radius 1 is 1.38 bits per heavy atom. The van der Waals surface area contributed by atoms with E-state index in [1.807, 2.05) is 30.3 Å². The average molecular weight is 236 g/mol. The van der Waals surface area contributed by atoms with Gasteiger partial charge in [0.2, 0.25) is 0 Å². The van der Waals surface area contributed by atoms with E-state index < -0.39 is 0 Å². The number of amides is 1. The molecular weight excluding hydrogens is 229 g/mol. The van der Waals surface area contributed by atoms with Crippen LogP contribution in [0.15, 0.2) is 41.4 Å². The van der Waals surface area contributed by atoms with E-state index in [9.17, 15) is 4.79 Å². The third kappa shape index (κ3) is 3.77. The molecule has 1 aromatic rings. The number of aliphatic imine (C=N–C) groups is 1. The molecule has 0 aliphatic carbocycles. The second-order valence-electron chi connectivity index (χ2n) is 2.29. The molecule has 0 saturated carbocycles. The first-order chi connectivity index (χ1) is 6.33. The van der Waals surface area contributed by atoms with Gasteiger partial charge in [0, 0.05) is 0 Å². The van der Waals surface area contributed by atoms with Gasteiger partial charge in [-0.1, -0.05) is 0 Å². The Labute approximate surface area is 84.4 Å². The first-order valence-electron chi connectivity index (χ1n) is 3.68. The molecular formula is C10H7NOSe. The van der Waals surface area contributed by atoms with Crippen LogP contribution in [0.25, 0.3) is 6.08 Å². The van der Waals surface area contributed by atoms with E-state index in [0.29, 0.717) is 0 Å². The molecule has 2 nitrogen and oxygen atoms in total. The number of hydrogen-bond acceptors (Lipinski definition) is 1. The zero-order valence-electron chi connectivity index (χ0n) is 6.81. The molecule has 13 heavy (non-hydrogen) atoms. The van der Waals surface area contributed by atoms with Gasteiger partial charge in [0.15, 0.2) is 0 Å². The van der Waals surface area contributed by atoms with Crippen molar-refractivity contribution in [2.75, 3.05) is 0 Å². The Kier molecular flexibility index (Phi) is 4.07. The molecule has 0 N–H and O–H groups in total. The maximum atomic E-state index is 10.9. The Bertz CT molecular complexity index is 364. The summed E-state index contributed by atoms with van der Waals surface area (Å²) in [6.07, 6.45) is 3.11. The van der Waals surface area contributed by atoms with E-state index in [1.54, 1.807) is 6.08 Å². The number of hydrogen-bond donors (Lipinski definition) is 0. The molecule has 0 aliphatic heterocycles. The fraction of sp³-hybridized carbons (Fsp3) is 0. The Morgan fingerprint density at radius 3 is 2.69 bits per heavy atom. The normalized spacial score (nSPS) is 9.54. The van der Waals surface area contributed by atoms with Crippen molar-refractivity contribution >= 4 is 32.3 Å². The van der Waals surface area contributed by atoms with Gasteiger partial charge in [-0.3, -0.25) is 0 Å². The Hall–Kier alpha value is -1.27. The molecule has 0 bridgehead atoms. The quantitative estimate of drug-likeness (QED) is 0.432. The van der Waals surface area contributed by atoms with Crippen molar-refractivity contribution in [1.29, 1.82) is 0 Å². The van der Waals surface area contributed by atoms with Crippen molar-refractivity contribution in [2.45, 2.75) is 0 Å². The molecule has 0 fully saturated rings. The van der Waals surface area contributed by atoms with Crippen LogP contribution >= 0.6 is 0 Å². The zero-order valence-corrected chi connectivity index (χ0v) is 8.52. The first kappa shape index (κ1) is 9.81. The molecule has 64 valence electrons.